The summed E-state index contributed by atoms with van der Waals surface area (Å²) in [5.74, 6) is 5.50. The Kier molecular flexibility index (Phi) is 6.04. The normalized spacial score (nSPS) is 11.8. The molecular weight excluding hydrogens is 237 g/mol. The molecule has 1 N–H and O–H groups in total. The Morgan fingerprint density at radius 1 is 1.47 bits per heavy atom. The first kappa shape index (κ1) is 14.0. The molecule has 0 saturated heterocycles. The van der Waals surface area contributed by atoms with Gasteiger partial charge in [-0.1, -0.05) is 30.7 Å². The van der Waals surface area contributed by atoms with Crippen LogP contribution in [0.2, 0.25) is 5.02 Å². The summed E-state index contributed by atoms with van der Waals surface area (Å²) in [5.41, 5.74) is 0.811. The topological polar surface area (TPSA) is 12.0 Å². The van der Waals surface area contributed by atoms with Crippen molar-refractivity contribution in [3.05, 3.63) is 34.6 Å². The van der Waals surface area contributed by atoms with E-state index in [0.29, 0.717) is 0 Å². The quantitative estimate of drug-likeness (QED) is 0.784. The van der Waals surface area contributed by atoms with Gasteiger partial charge < -0.3 is 5.32 Å². The van der Waals surface area contributed by atoms with Gasteiger partial charge in [0.25, 0.3) is 0 Å². The lowest BCUT2D eigenvalue weighted by Gasteiger charge is -2.18. The van der Waals surface area contributed by atoms with Gasteiger partial charge in [0.05, 0.1) is 5.02 Å². The third kappa shape index (κ3) is 4.03. The van der Waals surface area contributed by atoms with E-state index in [1.807, 2.05) is 19.9 Å². The van der Waals surface area contributed by atoms with Crippen LogP contribution in [0.5, 0.6) is 0 Å². The van der Waals surface area contributed by atoms with Crippen molar-refractivity contribution in [3.63, 3.8) is 0 Å². The van der Waals surface area contributed by atoms with E-state index in [0.717, 1.165) is 24.9 Å². The minimum Gasteiger partial charge on any atom is -0.310 e. The smallest absolute Gasteiger partial charge is 0.142 e. The maximum Gasteiger partial charge on any atom is 0.142 e. The maximum absolute atomic E-state index is 13.4. The Labute approximate surface area is 107 Å². The molecule has 0 aliphatic carbocycles. The Bertz CT molecular complexity index is 420. The summed E-state index contributed by atoms with van der Waals surface area (Å²) in [6.45, 7) is 4.65. The number of rotatable bonds is 5. The van der Waals surface area contributed by atoms with Crippen molar-refractivity contribution < 1.29 is 4.39 Å². The highest BCUT2D eigenvalue weighted by molar-refractivity contribution is 6.31. The fourth-order valence-electron chi connectivity index (χ4n) is 1.75. The summed E-state index contributed by atoms with van der Waals surface area (Å²) in [5, 5.41) is 3.52. The monoisotopic (exact) mass is 253 g/mol. The second-order valence-electron chi connectivity index (χ2n) is 3.72. The predicted octanol–water partition coefficient (Wildman–Crippen LogP) is 3.93. The number of halogens is 2. The highest BCUT2D eigenvalue weighted by Gasteiger charge is 2.15. The van der Waals surface area contributed by atoms with Crippen LogP contribution in [0.1, 0.15) is 38.3 Å². The van der Waals surface area contributed by atoms with E-state index in [1.54, 1.807) is 6.07 Å². The van der Waals surface area contributed by atoms with Crippen LogP contribution < -0.4 is 5.32 Å². The SMILES string of the molecule is CC#CCCC(NCC)c1cccc(F)c1Cl. The molecule has 0 saturated carbocycles. The molecule has 0 radical (unpaired) electrons. The number of hydrogen-bond donors (Lipinski definition) is 1. The Balaban J connectivity index is 2.87. The molecule has 0 aromatic heterocycles. The molecule has 17 heavy (non-hydrogen) atoms. The summed E-state index contributed by atoms with van der Waals surface area (Å²) >= 11 is 5.99. The largest absolute Gasteiger partial charge is 0.310 e. The minimum absolute atomic E-state index is 0.0593. The fourth-order valence-corrected chi connectivity index (χ4v) is 2.00. The van der Waals surface area contributed by atoms with Gasteiger partial charge >= 0.3 is 0 Å². The molecule has 1 rings (SSSR count). The van der Waals surface area contributed by atoms with Gasteiger partial charge in [0, 0.05) is 12.5 Å². The van der Waals surface area contributed by atoms with Crippen LogP contribution in [0.4, 0.5) is 4.39 Å². The summed E-state index contributed by atoms with van der Waals surface area (Å²) < 4.78 is 13.4. The van der Waals surface area contributed by atoms with E-state index in [1.165, 1.54) is 6.07 Å². The van der Waals surface area contributed by atoms with E-state index in [2.05, 4.69) is 17.2 Å². The molecule has 92 valence electrons. The Hall–Kier alpha value is -1.04. The molecule has 0 heterocycles. The van der Waals surface area contributed by atoms with Crippen LogP contribution in [0, 0.1) is 17.7 Å². The summed E-state index contributed by atoms with van der Waals surface area (Å²) in [7, 11) is 0. The van der Waals surface area contributed by atoms with Crippen LogP contribution >= 0.6 is 11.6 Å². The summed E-state index contributed by atoms with van der Waals surface area (Å²) in [4.78, 5) is 0. The molecule has 0 aliphatic heterocycles. The highest BCUT2D eigenvalue weighted by atomic mass is 35.5. The van der Waals surface area contributed by atoms with Gasteiger partial charge in [-0.2, -0.15) is 0 Å². The molecule has 3 heteroatoms. The van der Waals surface area contributed by atoms with Gasteiger partial charge in [-0.25, -0.2) is 4.39 Å². The maximum atomic E-state index is 13.4. The van der Waals surface area contributed by atoms with Crippen molar-refractivity contribution in [1.82, 2.24) is 5.32 Å². The molecule has 0 spiro atoms. The lowest BCUT2D eigenvalue weighted by molar-refractivity contribution is 0.518. The van der Waals surface area contributed by atoms with Crippen molar-refractivity contribution in [2.75, 3.05) is 6.54 Å². The average molecular weight is 254 g/mol. The van der Waals surface area contributed by atoms with Gasteiger partial charge in [-0.05, 0) is 31.5 Å². The molecule has 1 aromatic rings. The van der Waals surface area contributed by atoms with Crippen molar-refractivity contribution in [3.8, 4) is 11.8 Å². The zero-order valence-electron chi connectivity index (χ0n) is 10.2. The fraction of sp³-hybridized carbons (Fsp3) is 0.429. The molecular formula is C14H17ClFN. The highest BCUT2D eigenvalue weighted by Crippen LogP contribution is 2.28. The molecule has 1 nitrogen and oxygen atoms in total. The lowest BCUT2D eigenvalue weighted by atomic mass is 10.0. The van der Waals surface area contributed by atoms with Gasteiger partial charge in [0.1, 0.15) is 5.82 Å². The first-order valence-corrected chi connectivity index (χ1v) is 6.15. The van der Waals surface area contributed by atoms with Crippen molar-refractivity contribution in [2.24, 2.45) is 0 Å². The van der Waals surface area contributed by atoms with E-state index < -0.39 is 0 Å². The van der Waals surface area contributed by atoms with Gasteiger partial charge in [0.2, 0.25) is 0 Å². The zero-order chi connectivity index (χ0) is 12.7. The van der Waals surface area contributed by atoms with Crippen LogP contribution in [0.25, 0.3) is 0 Å². The van der Waals surface area contributed by atoms with E-state index in [-0.39, 0.29) is 16.9 Å². The van der Waals surface area contributed by atoms with Gasteiger partial charge in [-0.3, -0.25) is 0 Å². The molecule has 1 unspecified atom stereocenters. The Morgan fingerprint density at radius 2 is 2.24 bits per heavy atom. The van der Waals surface area contributed by atoms with E-state index >= 15 is 0 Å². The second kappa shape index (κ2) is 7.32. The summed E-state index contributed by atoms with van der Waals surface area (Å²) in [6.07, 6.45) is 1.61. The molecule has 1 aromatic carbocycles. The predicted molar refractivity (Wildman–Crippen MR) is 70.5 cm³/mol. The second-order valence-corrected chi connectivity index (χ2v) is 4.10. The third-order valence-corrected chi connectivity index (χ3v) is 2.94. The van der Waals surface area contributed by atoms with Gasteiger partial charge in [0.15, 0.2) is 0 Å². The third-order valence-electron chi connectivity index (χ3n) is 2.54. The van der Waals surface area contributed by atoms with Crippen LogP contribution in [0.3, 0.4) is 0 Å². The van der Waals surface area contributed by atoms with E-state index in [9.17, 15) is 4.39 Å². The zero-order valence-corrected chi connectivity index (χ0v) is 10.9. The van der Waals surface area contributed by atoms with Crippen molar-refractivity contribution in [1.29, 1.82) is 0 Å². The lowest BCUT2D eigenvalue weighted by Crippen LogP contribution is -2.21. The average Bonchev–Trinajstić information content (AvgIpc) is 2.32. The first-order chi connectivity index (χ1) is 8.20. The molecule has 0 bridgehead atoms. The molecule has 0 aliphatic rings. The minimum atomic E-state index is -0.367. The van der Waals surface area contributed by atoms with Crippen molar-refractivity contribution >= 4 is 11.6 Å². The number of nitrogens with one attached hydrogen (secondary N) is 1. The summed E-state index contributed by atoms with van der Waals surface area (Å²) in [6, 6.07) is 4.98. The molecule has 1 atom stereocenters. The van der Waals surface area contributed by atoms with Crippen LogP contribution in [0.15, 0.2) is 18.2 Å². The van der Waals surface area contributed by atoms with Gasteiger partial charge in [-0.15, -0.1) is 11.8 Å². The number of benzene rings is 1. The Morgan fingerprint density at radius 3 is 2.88 bits per heavy atom. The first-order valence-electron chi connectivity index (χ1n) is 5.77. The van der Waals surface area contributed by atoms with Crippen molar-refractivity contribution in [2.45, 2.75) is 32.7 Å². The molecule has 0 fully saturated rings. The van der Waals surface area contributed by atoms with Crippen LogP contribution in [-0.4, -0.2) is 6.54 Å². The molecule has 0 amide bonds. The number of hydrogen-bond acceptors (Lipinski definition) is 1. The van der Waals surface area contributed by atoms with E-state index in [4.69, 9.17) is 11.6 Å². The van der Waals surface area contributed by atoms with Crippen LogP contribution in [-0.2, 0) is 0 Å². The standard InChI is InChI=1S/C14H17ClFN/c1-3-5-6-10-13(17-4-2)11-8-7-9-12(16)14(11)15/h7-9,13,17H,4,6,10H2,1-2H3.